The Kier molecular flexibility index (Phi) is 5.20. The zero-order valence-electron chi connectivity index (χ0n) is 14.3. The zero-order valence-corrected chi connectivity index (χ0v) is 14.3. The van der Waals surface area contributed by atoms with Gasteiger partial charge in [0.2, 0.25) is 0 Å². The van der Waals surface area contributed by atoms with Gasteiger partial charge in [-0.2, -0.15) is 18.3 Å². The lowest BCUT2D eigenvalue weighted by atomic mass is 10.3. The number of furan rings is 1. The van der Waals surface area contributed by atoms with Gasteiger partial charge in [0.25, 0.3) is 5.91 Å². The summed E-state index contributed by atoms with van der Waals surface area (Å²) in [6.45, 7) is -1.71. The fraction of sp³-hybridized carbons (Fsp3) is 0.222. The molecule has 0 atom stereocenters. The number of aromatic nitrogens is 2. The third-order valence-electron chi connectivity index (χ3n) is 3.73. The number of methoxy groups -OCH3 is 1. The number of alkyl halides is 3. The summed E-state index contributed by atoms with van der Waals surface area (Å²) >= 11 is 0. The molecule has 3 rings (SSSR count). The predicted molar refractivity (Wildman–Crippen MR) is 89.6 cm³/mol. The molecule has 0 fully saturated rings. The molecular weight excluding hydrogens is 363 g/mol. The Labute approximate surface area is 152 Å². The van der Waals surface area contributed by atoms with Crippen LogP contribution in [0.1, 0.15) is 16.2 Å². The van der Waals surface area contributed by atoms with Gasteiger partial charge in [-0.25, -0.2) is 4.68 Å². The number of rotatable bonds is 6. The summed E-state index contributed by atoms with van der Waals surface area (Å²) in [4.78, 5) is 13.2. The van der Waals surface area contributed by atoms with Crippen molar-refractivity contribution in [3.05, 3.63) is 66.4 Å². The maximum Gasteiger partial charge on any atom is 0.406 e. The third-order valence-corrected chi connectivity index (χ3v) is 3.73. The molecule has 1 amide bonds. The average Bonchev–Trinajstić information content (AvgIpc) is 3.31. The summed E-state index contributed by atoms with van der Waals surface area (Å²) in [6, 6.07) is 11.3. The second-order valence-corrected chi connectivity index (χ2v) is 5.70. The van der Waals surface area contributed by atoms with E-state index >= 15 is 0 Å². The molecule has 3 aromatic rings. The minimum Gasteiger partial charge on any atom is -0.497 e. The molecule has 0 aliphatic rings. The van der Waals surface area contributed by atoms with Crippen LogP contribution in [0.2, 0.25) is 0 Å². The Morgan fingerprint density at radius 3 is 2.56 bits per heavy atom. The number of carbonyl (C=O) groups is 1. The first-order chi connectivity index (χ1) is 12.9. The van der Waals surface area contributed by atoms with Crippen molar-refractivity contribution >= 4 is 5.91 Å². The van der Waals surface area contributed by atoms with Crippen LogP contribution in [-0.2, 0) is 6.54 Å². The van der Waals surface area contributed by atoms with Gasteiger partial charge in [-0.1, -0.05) is 0 Å². The average molecular weight is 379 g/mol. The fourth-order valence-corrected chi connectivity index (χ4v) is 2.49. The lowest BCUT2D eigenvalue weighted by Gasteiger charge is -2.22. The SMILES string of the molecule is COc1ccc(-n2ccc(C(=O)N(Cc3ccco3)CC(F)(F)F)n2)cc1. The van der Waals surface area contributed by atoms with Crippen LogP contribution in [0.3, 0.4) is 0 Å². The minimum atomic E-state index is -4.54. The highest BCUT2D eigenvalue weighted by atomic mass is 19.4. The number of ether oxygens (including phenoxy) is 1. The summed E-state index contributed by atoms with van der Waals surface area (Å²) in [5, 5.41) is 4.10. The Bertz CT molecular complexity index is 887. The van der Waals surface area contributed by atoms with Crippen molar-refractivity contribution in [3.63, 3.8) is 0 Å². The smallest absolute Gasteiger partial charge is 0.406 e. The number of nitrogens with zero attached hydrogens (tertiary/aromatic N) is 3. The van der Waals surface area contributed by atoms with Crippen LogP contribution in [0.25, 0.3) is 5.69 Å². The monoisotopic (exact) mass is 379 g/mol. The van der Waals surface area contributed by atoms with E-state index in [9.17, 15) is 18.0 Å². The van der Waals surface area contributed by atoms with Gasteiger partial charge in [0.1, 0.15) is 18.1 Å². The van der Waals surface area contributed by atoms with E-state index in [2.05, 4.69) is 5.10 Å². The molecule has 9 heteroatoms. The Morgan fingerprint density at radius 1 is 1.22 bits per heavy atom. The lowest BCUT2D eigenvalue weighted by Crippen LogP contribution is -2.38. The van der Waals surface area contributed by atoms with Crippen molar-refractivity contribution < 1.29 is 27.1 Å². The van der Waals surface area contributed by atoms with E-state index in [4.69, 9.17) is 9.15 Å². The van der Waals surface area contributed by atoms with E-state index in [1.807, 2.05) is 0 Å². The van der Waals surface area contributed by atoms with Gasteiger partial charge in [-0.05, 0) is 42.5 Å². The minimum absolute atomic E-state index is 0.0957. The van der Waals surface area contributed by atoms with Gasteiger partial charge < -0.3 is 14.1 Å². The first-order valence-corrected chi connectivity index (χ1v) is 7.94. The molecule has 2 heterocycles. The molecule has 0 saturated heterocycles. The van der Waals surface area contributed by atoms with E-state index in [1.54, 1.807) is 30.3 Å². The highest BCUT2D eigenvalue weighted by Crippen LogP contribution is 2.21. The zero-order chi connectivity index (χ0) is 19.4. The molecule has 0 spiro atoms. The quantitative estimate of drug-likeness (QED) is 0.656. The molecule has 0 aliphatic heterocycles. The summed E-state index contributed by atoms with van der Waals surface area (Å²) < 4.78 is 50.2. The van der Waals surface area contributed by atoms with E-state index in [0.29, 0.717) is 16.3 Å². The van der Waals surface area contributed by atoms with Crippen molar-refractivity contribution in [2.24, 2.45) is 0 Å². The molecule has 0 bridgehead atoms. The molecule has 142 valence electrons. The first kappa shape index (κ1) is 18.6. The summed E-state index contributed by atoms with van der Waals surface area (Å²) in [7, 11) is 1.54. The number of hydrogen-bond donors (Lipinski definition) is 0. The lowest BCUT2D eigenvalue weighted by molar-refractivity contribution is -0.142. The largest absolute Gasteiger partial charge is 0.497 e. The second-order valence-electron chi connectivity index (χ2n) is 5.70. The molecule has 0 saturated carbocycles. The standard InChI is InChI=1S/C18H16F3N3O3/c1-26-14-6-4-13(5-7-14)24-9-8-16(22-24)17(25)23(12-18(19,20)21)11-15-3-2-10-27-15/h2-10H,11-12H2,1H3. The van der Waals surface area contributed by atoms with Crippen LogP contribution in [-0.4, -0.2) is 40.4 Å². The van der Waals surface area contributed by atoms with Crippen LogP contribution in [0.15, 0.2) is 59.3 Å². The Balaban J connectivity index is 1.81. The Morgan fingerprint density at radius 2 is 1.96 bits per heavy atom. The molecule has 0 aliphatic carbocycles. The normalized spacial score (nSPS) is 11.4. The number of hydrogen-bond acceptors (Lipinski definition) is 4. The van der Waals surface area contributed by atoms with Crippen molar-refractivity contribution in [2.45, 2.75) is 12.7 Å². The third kappa shape index (κ3) is 4.69. The maximum absolute atomic E-state index is 12.9. The second kappa shape index (κ2) is 7.56. The van der Waals surface area contributed by atoms with E-state index in [1.165, 1.54) is 36.4 Å². The highest BCUT2D eigenvalue weighted by molar-refractivity contribution is 5.92. The van der Waals surface area contributed by atoms with Gasteiger partial charge in [-0.3, -0.25) is 4.79 Å². The van der Waals surface area contributed by atoms with E-state index in [-0.39, 0.29) is 18.0 Å². The fourth-order valence-electron chi connectivity index (χ4n) is 2.49. The molecule has 0 unspecified atom stereocenters. The van der Waals surface area contributed by atoms with Gasteiger partial charge in [0.05, 0.1) is 25.6 Å². The van der Waals surface area contributed by atoms with Crippen molar-refractivity contribution in [1.29, 1.82) is 0 Å². The molecule has 0 radical (unpaired) electrons. The van der Waals surface area contributed by atoms with Gasteiger partial charge in [0.15, 0.2) is 5.69 Å². The van der Waals surface area contributed by atoms with Crippen LogP contribution < -0.4 is 4.74 Å². The number of halogens is 3. The molecule has 2 aromatic heterocycles. The van der Waals surface area contributed by atoms with E-state index in [0.717, 1.165) is 0 Å². The predicted octanol–water partition coefficient (Wildman–Crippen LogP) is 3.68. The Hall–Kier alpha value is -3.23. The van der Waals surface area contributed by atoms with Crippen molar-refractivity contribution in [1.82, 2.24) is 14.7 Å². The maximum atomic E-state index is 12.9. The van der Waals surface area contributed by atoms with Gasteiger partial charge >= 0.3 is 6.18 Å². The van der Waals surface area contributed by atoms with Crippen LogP contribution in [0, 0.1) is 0 Å². The van der Waals surface area contributed by atoms with Gasteiger partial charge in [0, 0.05) is 6.20 Å². The van der Waals surface area contributed by atoms with Crippen LogP contribution in [0.4, 0.5) is 13.2 Å². The van der Waals surface area contributed by atoms with Crippen LogP contribution >= 0.6 is 0 Å². The first-order valence-electron chi connectivity index (χ1n) is 7.94. The topological polar surface area (TPSA) is 60.5 Å². The molecular formula is C18H16F3N3O3. The number of amides is 1. The molecule has 6 nitrogen and oxygen atoms in total. The number of benzene rings is 1. The van der Waals surface area contributed by atoms with Crippen LogP contribution in [0.5, 0.6) is 5.75 Å². The highest BCUT2D eigenvalue weighted by Gasteiger charge is 2.34. The molecule has 27 heavy (non-hydrogen) atoms. The van der Waals surface area contributed by atoms with Crippen molar-refractivity contribution in [2.75, 3.05) is 13.7 Å². The van der Waals surface area contributed by atoms with Gasteiger partial charge in [-0.15, -0.1) is 0 Å². The van der Waals surface area contributed by atoms with E-state index < -0.39 is 18.6 Å². The summed E-state index contributed by atoms with van der Waals surface area (Å²) in [6.07, 6.45) is -1.70. The summed E-state index contributed by atoms with van der Waals surface area (Å²) in [5.41, 5.74) is 0.546. The molecule has 1 aromatic carbocycles. The van der Waals surface area contributed by atoms with Crippen molar-refractivity contribution in [3.8, 4) is 11.4 Å². The summed E-state index contributed by atoms with van der Waals surface area (Å²) in [5.74, 6) is 0.0650. The molecule has 0 N–H and O–H groups in total. The number of carbonyl (C=O) groups excluding carboxylic acids is 1.